The Hall–Kier alpha value is -1.80. The van der Waals surface area contributed by atoms with Crippen molar-refractivity contribution in [3.63, 3.8) is 0 Å². The lowest BCUT2D eigenvalue weighted by molar-refractivity contribution is -0.135. The second kappa shape index (κ2) is 7.59. The van der Waals surface area contributed by atoms with Crippen LogP contribution in [0.15, 0.2) is 28.2 Å². The molecule has 0 atom stereocenters. The normalized spacial score (nSPS) is 10.7. The minimum atomic E-state index is -0.663. The summed E-state index contributed by atoms with van der Waals surface area (Å²) in [7, 11) is 1.24. The molecule has 0 heterocycles. The molecule has 0 radical (unpaired) electrons. The van der Waals surface area contributed by atoms with E-state index in [4.69, 9.17) is 10.00 Å². The van der Waals surface area contributed by atoms with Crippen molar-refractivity contribution in [3.05, 3.63) is 33.8 Å². The third kappa shape index (κ3) is 4.42. The smallest absolute Gasteiger partial charge is 0.348 e. The predicted octanol–water partition coefficient (Wildman–Crippen LogP) is 3.32. The highest BCUT2D eigenvalue weighted by atomic mass is 79.9. The summed E-state index contributed by atoms with van der Waals surface area (Å²) in [5.41, 5.74) is 0.590. The minimum absolute atomic E-state index is 0.0676. The summed E-state index contributed by atoms with van der Waals surface area (Å²) < 4.78 is 11.0. The van der Waals surface area contributed by atoms with E-state index in [1.54, 1.807) is 12.1 Å². The Morgan fingerprint density at radius 3 is 2.84 bits per heavy atom. The van der Waals surface area contributed by atoms with Gasteiger partial charge in [-0.2, -0.15) is 5.26 Å². The molecule has 0 aliphatic carbocycles. The molecule has 0 saturated carbocycles. The van der Waals surface area contributed by atoms with E-state index in [0.717, 1.165) is 10.9 Å². The fraction of sp³-hybridized carbons (Fsp3) is 0.286. The number of nitriles is 1. The molecule has 0 fully saturated rings. The number of carbonyl (C=O) groups excluding carboxylic acids is 1. The van der Waals surface area contributed by atoms with Gasteiger partial charge in [0.05, 0.1) is 13.7 Å². The van der Waals surface area contributed by atoms with Crippen LogP contribution in [0, 0.1) is 11.3 Å². The average molecular weight is 324 g/mol. The van der Waals surface area contributed by atoms with E-state index in [1.165, 1.54) is 13.2 Å². The topological polar surface area (TPSA) is 59.3 Å². The van der Waals surface area contributed by atoms with Gasteiger partial charge < -0.3 is 9.47 Å². The zero-order chi connectivity index (χ0) is 14.3. The second-order valence-corrected chi connectivity index (χ2v) is 4.61. The third-order valence-electron chi connectivity index (χ3n) is 2.26. The van der Waals surface area contributed by atoms with Crippen molar-refractivity contribution in [3.8, 4) is 11.8 Å². The number of benzene rings is 1. The minimum Gasteiger partial charge on any atom is -0.493 e. The SMILES string of the molecule is CCCOc1ccc(Br)cc1/C=C(\C#N)C(=O)OC. The number of hydrogen-bond donors (Lipinski definition) is 0. The monoisotopic (exact) mass is 323 g/mol. The number of halogens is 1. The van der Waals surface area contributed by atoms with E-state index in [9.17, 15) is 4.79 Å². The highest BCUT2D eigenvalue weighted by Crippen LogP contribution is 2.26. The Morgan fingerprint density at radius 1 is 1.53 bits per heavy atom. The maximum Gasteiger partial charge on any atom is 0.348 e. The van der Waals surface area contributed by atoms with Crippen LogP contribution in [0.4, 0.5) is 0 Å². The average Bonchev–Trinajstić information content (AvgIpc) is 2.43. The molecule has 19 heavy (non-hydrogen) atoms. The molecule has 0 saturated heterocycles. The standard InChI is InChI=1S/C14H14BrNO3/c1-3-6-19-13-5-4-12(15)8-10(13)7-11(9-16)14(17)18-2/h4-5,7-8H,3,6H2,1-2H3/b11-7+. The molecule has 1 rings (SSSR count). The van der Waals surface area contributed by atoms with Gasteiger partial charge in [-0.1, -0.05) is 22.9 Å². The van der Waals surface area contributed by atoms with Gasteiger partial charge in [-0.05, 0) is 30.7 Å². The summed E-state index contributed by atoms with van der Waals surface area (Å²) in [4.78, 5) is 11.4. The Kier molecular flexibility index (Phi) is 6.10. The quantitative estimate of drug-likeness (QED) is 0.474. The van der Waals surface area contributed by atoms with Crippen LogP contribution < -0.4 is 4.74 Å². The molecule has 0 unspecified atom stereocenters. The van der Waals surface area contributed by atoms with Gasteiger partial charge in [-0.15, -0.1) is 0 Å². The zero-order valence-corrected chi connectivity index (χ0v) is 12.4. The van der Waals surface area contributed by atoms with Crippen LogP contribution in [0.25, 0.3) is 6.08 Å². The summed E-state index contributed by atoms with van der Waals surface area (Å²) >= 11 is 3.35. The second-order valence-electron chi connectivity index (χ2n) is 3.69. The van der Waals surface area contributed by atoms with E-state index in [-0.39, 0.29) is 5.57 Å². The molecule has 0 spiro atoms. The van der Waals surface area contributed by atoms with E-state index in [2.05, 4.69) is 20.7 Å². The van der Waals surface area contributed by atoms with Gasteiger partial charge >= 0.3 is 5.97 Å². The molecule has 0 amide bonds. The summed E-state index contributed by atoms with van der Waals surface area (Å²) in [5.74, 6) is -0.0365. The number of ether oxygens (including phenoxy) is 2. The number of esters is 1. The molecular weight excluding hydrogens is 310 g/mol. The van der Waals surface area contributed by atoms with Crippen molar-refractivity contribution in [2.45, 2.75) is 13.3 Å². The van der Waals surface area contributed by atoms with Gasteiger partial charge in [0.15, 0.2) is 0 Å². The van der Waals surface area contributed by atoms with Crippen molar-refractivity contribution < 1.29 is 14.3 Å². The molecule has 0 aliphatic rings. The van der Waals surface area contributed by atoms with Crippen LogP contribution in [-0.4, -0.2) is 19.7 Å². The van der Waals surface area contributed by atoms with Gasteiger partial charge in [0.1, 0.15) is 17.4 Å². The van der Waals surface area contributed by atoms with Gasteiger partial charge in [0.25, 0.3) is 0 Å². The molecule has 1 aromatic rings. The first-order chi connectivity index (χ1) is 9.12. The van der Waals surface area contributed by atoms with Crippen LogP contribution in [-0.2, 0) is 9.53 Å². The summed E-state index contributed by atoms with van der Waals surface area (Å²) in [6, 6.07) is 7.23. The highest BCUT2D eigenvalue weighted by Gasteiger charge is 2.11. The van der Waals surface area contributed by atoms with Crippen LogP contribution in [0.3, 0.4) is 0 Å². The summed E-state index contributed by atoms with van der Waals surface area (Å²) in [6.45, 7) is 2.58. The van der Waals surface area contributed by atoms with Crippen molar-refractivity contribution >= 4 is 28.0 Å². The number of carbonyl (C=O) groups is 1. The first-order valence-corrected chi connectivity index (χ1v) is 6.54. The van der Waals surface area contributed by atoms with Crippen LogP contribution in [0.1, 0.15) is 18.9 Å². The number of hydrogen-bond acceptors (Lipinski definition) is 4. The lowest BCUT2D eigenvalue weighted by atomic mass is 10.1. The van der Waals surface area contributed by atoms with Crippen molar-refractivity contribution in [1.82, 2.24) is 0 Å². The van der Waals surface area contributed by atoms with E-state index in [0.29, 0.717) is 17.9 Å². The van der Waals surface area contributed by atoms with Crippen LogP contribution in [0.5, 0.6) is 5.75 Å². The molecule has 4 nitrogen and oxygen atoms in total. The molecule has 5 heteroatoms. The Bertz CT molecular complexity index is 532. The number of rotatable bonds is 5. The van der Waals surface area contributed by atoms with E-state index >= 15 is 0 Å². The van der Waals surface area contributed by atoms with Crippen molar-refractivity contribution in [2.24, 2.45) is 0 Å². The first kappa shape index (κ1) is 15.3. The largest absolute Gasteiger partial charge is 0.493 e. The maximum atomic E-state index is 11.4. The Morgan fingerprint density at radius 2 is 2.26 bits per heavy atom. The van der Waals surface area contributed by atoms with E-state index in [1.807, 2.05) is 19.1 Å². The maximum absolute atomic E-state index is 11.4. The number of nitrogens with zero attached hydrogens (tertiary/aromatic N) is 1. The van der Waals surface area contributed by atoms with Gasteiger partial charge in [0.2, 0.25) is 0 Å². The lowest BCUT2D eigenvalue weighted by Crippen LogP contribution is -2.03. The van der Waals surface area contributed by atoms with Crippen LogP contribution >= 0.6 is 15.9 Å². The van der Waals surface area contributed by atoms with Gasteiger partial charge in [-0.3, -0.25) is 0 Å². The third-order valence-corrected chi connectivity index (χ3v) is 2.75. The summed E-state index contributed by atoms with van der Waals surface area (Å²) in [5, 5.41) is 8.95. The summed E-state index contributed by atoms with van der Waals surface area (Å²) in [6.07, 6.45) is 2.34. The Labute approximate surface area is 120 Å². The molecule has 1 aromatic carbocycles. The van der Waals surface area contributed by atoms with Crippen LogP contribution in [0.2, 0.25) is 0 Å². The van der Waals surface area contributed by atoms with Gasteiger partial charge in [0, 0.05) is 10.0 Å². The molecule has 0 aromatic heterocycles. The van der Waals surface area contributed by atoms with E-state index < -0.39 is 5.97 Å². The molecular formula is C14H14BrNO3. The van der Waals surface area contributed by atoms with Gasteiger partial charge in [-0.25, -0.2) is 4.79 Å². The Balaban J connectivity index is 3.16. The van der Waals surface area contributed by atoms with Crippen molar-refractivity contribution in [2.75, 3.05) is 13.7 Å². The van der Waals surface area contributed by atoms with Crippen molar-refractivity contribution in [1.29, 1.82) is 5.26 Å². The first-order valence-electron chi connectivity index (χ1n) is 5.74. The lowest BCUT2D eigenvalue weighted by Gasteiger charge is -2.09. The molecule has 0 bridgehead atoms. The fourth-order valence-electron chi connectivity index (χ4n) is 1.38. The fourth-order valence-corrected chi connectivity index (χ4v) is 1.76. The zero-order valence-electron chi connectivity index (χ0n) is 10.8. The molecule has 100 valence electrons. The molecule has 0 N–H and O–H groups in total. The predicted molar refractivity (Wildman–Crippen MR) is 75.5 cm³/mol. The molecule has 0 aliphatic heterocycles. The number of methoxy groups -OCH3 is 1. The highest BCUT2D eigenvalue weighted by molar-refractivity contribution is 9.10.